The maximum absolute atomic E-state index is 11.3. The van der Waals surface area contributed by atoms with Crippen molar-refractivity contribution in [3.63, 3.8) is 0 Å². The second kappa shape index (κ2) is 9.80. The van der Waals surface area contributed by atoms with Crippen LogP contribution in [-0.4, -0.2) is 29.1 Å². The number of benzene rings is 2. The fourth-order valence-electron chi connectivity index (χ4n) is 3.28. The van der Waals surface area contributed by atoms with Gasteiger partial charge in [0, 0.05) is 30.8 Å². The maximum Gasteiger partial charge on any atom is 0.221 e. The molecule has 162 valence electrons. The summed E-state index contributed by atoms with van der Waals surface area (Å²) in [4.78, 5) is 19.4. The molecule has 8 heteroatoms. The molecule has 1 aromatic heterocycles. The fourth-order valence-corrected chi connectivity index (χ4v) is 3.28. The van der Waals surface area contributed by atoms with Gasteiger partial charge in [-0.05, 0) is 49.2 Å². The number of ether oxygens (including phenoxy) is 2. The van der Waals surface area contributed by atoms with Crippen LogP contribution in [0.1, 0.15) is 31.9 Å². The van der Waals surface area contributed by atoms with Crippen LogP contribution in [0.5, 0.6) is 11.5 Å². The quantitative estimate of drug-likeness (QED) is 0.507. The minimum atomic E-state index is -0.118. The smallest absolute Gasteiger partial charge is 0.221 e. The summed E-state index contributed by atoms with van der Waals surface area (Å²) in [6.45, 7) is 6.34. The van der Waals surface area contributed by atoms with Crippen molar-refractivity contribution in [3.05, 3.63) is 53.7 Å². The number of nitrogens with one attached hydrogen (secondary N) is 1. The summed E-state index contributed by atoms with van der Waals surface area (Å²) in [7, 11) is 0. The van der Waals surface area contributed by atoms with Crippen molar-refractivity contribution in [2.75, 3.05) is 30.0 Å². The molecule has 0 saturated heterocycles. The van der Waals surface area contributed by atoms with Crippen LogP contribution in [0.25, 0.3) is 11.1 Å². The molecule has 3 rings (SSSR count). The zero-order valence-corrected chi connectivity index (χ0v) is 17.9. The van der Waals surface area contributed by atoms with Gasteiger partial charge in [-0.2, -0.15) is 4.98 Å². The molecule has 0 aliphatic rings. The zero-order chi connectivity index (χ0) is 22.4. The van der Waals surface area contributed by atoms with Crippen molar-refractivity contribution in [2.24, 2.45) is 0 Å². The van der Waals surface area contributed by atoms with E-state index in [1.54, 1.807) is 6.20 Å². The number of carbonyl (C=O) groups excluding carboxylic acids is 1. The van der Waals surface area contributed by atoms with E-state index in [9.17, 15) is 4.79 Å². The Balaban J connectivity index is 2.04. The number of nitrogens with zero attached hydrogens (tertiary/aromatic N) is 2. The first kappa shape index (κ1) is 21.9. The van der Waals surface area contributed by atoms with Gasteiger partial charge in [0.25, 0.3) is 0 Å². The Bertz CT molecular complexity index is 1040. The van der Waals surface area contributed by atoms with Crippen LogP contribution in [-0.2, 0) is 11.2 Å². The third-order valence-corrected chi connectivity index (χ3v) is 4.53. The molecule has 8 nitrogen and oxygen atoms in total. The third-order valence-electron chi connectivity index (χ3n) is 4.53. The second-order valence-corrected chi connectivity index (χ2v) is 6.91. The minimum absolute atomic E-state index is 0.118. The van der Waals surface area contributed by atoms with Crippen LogP contribution < -0.4 is 26.3 Å². The SMILES string of the molecule is CCOc1cc(Cc2cnc(N)nc2N)cc(OCC)c1-c1ccc(NC(C)=O)cc1. The normalized spacial score (nSPS) is 10.5. The molecule has 0 aliphatic carbocycles. The molecule has 31 heavy (non-hydrogen) atoms. The van der Waals surface area contributed by atoms with Gasteiger partial charge < -0.3 is 26.3 Å². The molecule has 0 spiro atoms. The van der Waals surface area contributed by atoms with E-state index in [1.165, 1.54) is 6.92 Å². The fraction of sp³-hybridized carbons (Fsp3) is 0.261. The molecule has 0 atom stereocenters. The van der Waals surface area contributed by atoms with Crippen molar-refractivity contribution in [3.8, 4) is 22.6 Å². The third kappa shape index (κ3) is 5.42. The first-order chi connectivity index (χ1) is 14.9. The van der Waals surface area contributed by atoms with Crippen molar-refractivity contribution in [1.29, 1.82) is 0 Å². The Morgan fingerprint density at radius 3 is 2.16 bits per heavy atom. The molecule has 2 aromatic carbocycles. The highest BCUT2D eigenvalue weighted by Gasteiger charge is 2.17. The van der Waals surface area contributed by atoms with Crippen molar-refractivity contribution in [2.45, 2.75) is 27.2 Å². The van der Waals surface area contributed by atoms with Crippen LogP contribution in [0.3, 0.4) is 0 Å². The number of nitrogen functional groups attached to an aromatic ring is 2. The molecule has 5 N–H and O–H groups in total. The Hall–Kier alpha value is -3.81. The average molecular weight is 422 g/mol. The Morgan fingerprint density at radius 2 is 1.65 bits per heavy atom. The monoisotopic (exact) mass is 421 g/mol. The molecule has 0 bridgehead atoms. The Morgan fingerprint density at radius 1 is 1.03 bits per heavy atom. The molecule has 3 aromatic rings. The first-order valence-electron chi connectivity index (χ1n) is 10.1. The number of hydrogen-bond donors (Lipinski definition) is 3. The van der Waals surface area contributed by atoms with E-state index >= 15 is 0 Å². The lowest BCUT2D eigenvalue weighted by Crippen LogP contribution is -2.06. The van der Waals surface area contributed by atoms with Gasteiger partial charge in [-0.25, -0.2) is 4.98 Å². The van der Waals surface area contributed by atoms with Gasteiger partial charge >= 0.3 is 0 Å². The average Bonchev–Trinajstić information content (AvgIpc) is 2.71. The molecular formula is C23H27N5O3. The number of amides is 1. The number of aromatic nitrogens is 2. The highest BCUT2D eigenvalue weighted by atomic mass is 16.5. The van der Waals surface area contributed by atoms with Gasteiger partial charge in [-0.1, -0.05) is 12.1 Å². The summed E-state index contributed by atoms with van der Waals surface area (Å²) in [5, 5.41) is 2.77. The molecule has 0 radical (unpaired) electrons. The number of anilines is 3. The molecule has 1 heterocycles. The van der Waals surface area contributed by atoms with Crippen molar-refractivity contribution >= 4 is 23.4 Å². The van der Waals surface area contributed by atoms with Gasteiger partial charge in [0.1, 0.15) is 17.3 Å². The minimum Gasteiger partial charge on any atom is -0.493 e. The lowest BCUT2D eigenvalue weighted by atomic mass is 9.98. The molecule has 0 saturated carbocycles. The Labute approximate surface area is 181 Å². The van der Waals surface area contributed by atoms with E-state index in [0.29, 0.717) is 37.0 Å². The van der Waals surface area contributed by atoms with Gasteiger partial charge in [-0.15, -0.1) is 0 Å². The number of nitrogens with two attached hydrogens (primary N) is 2. The van der Waals surface area contributed by atoms with Gasteiger partial charge in [0.15, 0.2) is 0 Å². The highest BCUT2D eigenvalue weighted by Crippen LogP contribution is 2.41. The van der Waals surface area contributed by atoms with Gasteiger partial charge in [0.2, 0.25) is 11.9 Å². The topological polar surface area (TPSA) is 125 Å². The predicted molar refractivity (Wildman–Crippen MR) is 122 cm³/mol. The summed E-state index contributed by atoms with van der Waals surface area (Å²) in [5.74, 6) is 1.77. The largest absolute Gasteiger partial charge is 0.493 e. The molecule has 0 aliphatic heterocycles. The summed E-state index contributed by atoms with van der Waals surface area (Å²) in [6.07, 6.45) is 2.14. The molecule has 0 fully saturated rings. The molecule has 1 amide bonds. The van der Waals surface area contributed by atoms with Crippen LogP contribution in [0.2, 0.25) is 0 Å². The first-order valence-corrected chi connectivity index (χ1v) is 10.1. The van der Waals surface area contributed by atoms with Crippen LogP contribution in [0.15, 0.2) is 42.6 Å². The standard InChI is InChI=1S/C23H27N5O3/c1-4-30-19-11-15(10-17-13-26-23(25)28-22(17)24)12-20(31-5-2)21(19)16-6-8-18(9-7-16)27-14(3)29/h6-9,11-13H,4-5,10H2,1-3H3,(H,27,29)(H4,24,25,26,28). The summed E-state index contributed by atoms with van der Waals surface area (Å²) in [6, 6.07) is 11.5. The van der Waals surface area contributed by atoms with Gasteiger partial charge in [0.05, 0.1) is 18.8 Å². The zero-order valence-electron chi connectivity index (χ0n) is 17.9. The summed E-state index contributed by atoms with van der Waals surface area (Å²) < 4.78 is 11.9. The maximum atomic E-state index is 11.3. The van der Waals surface area contributed by atoms with Crippen molar-refractivity contribution < 1.29 is 14.3 Å². The number of rotatable bonds is 8. The summed E-state index contributed by atoms with van der Waals surface area (Å²) in [5.41, 5.74) is 15.8. The highest BCUT2D eigenvalue weighted by molar-refractivity contribution is 5.89. The second-order valence-electron chi connectivity index (χ2n) is 6.91. The van der Waals surface area contributed by atoms with E-state index < -0.39 is 0 Å². The lowest BCUT2D eigenvalue weighted by molar-refractivity contribution is -0.114. The molecular weight excluding hydrogens is 394 g/mol. The van der Waals surface area contributed by atoms with E-state index in [4.69, 9.17) is 20.9 Å². The van der Waals surface area contributed by atoms with Crippen LogP contribution in [0, 0.1) is 0 Å². The molecule has 0 unspecified atom stereocenters. The van der Waals surface area contributed by atoms with E-state index in [0.717, 1.165) is 27.9 Å². The van der Waals surface area contributed by atoms with Crippen LogP contribution in [0.4, 0.5) is 17.5 Å². The predicted octanol–water partition coefficient (Wildman–Crippen LogP) is 3.65. The van der Waals surface area contributed by atoms with E-state index in [1.807, 2.05) is 50.2 Å². The number of hydrogen-bond acceptors (Lipinski definition) is 7. The van der Waals surface area contributed by atoms with Crippen molar-refractivity contribution in [1.82, 2.24) is 9.97 Å². The van der Waals surface area contributed by atoms with Gasteiger partial charge in [-0.3, -0.25) is 4.79 Å². The lowest BCUT2D eigenvalue weighted by Gasteiger charge is -2.18. The number of carbonyl (C=O) groups is 1. The van der Waals surface area contributed by atoms with E-state index in [2.05, 4.69) is 15.3 Å². The summed E-state index contributed by atoms with van der Waals surface area (Å²) >= 11 is 0. The Kier molecular flexibility index (Phi) is 6.92. The van der Waals surface area contributed by atoms with E-state index in [-0.39, 0.29) is 11.9 Å². The van der Waals surface area contributed by atoms with Crippen LogP contribution >= 0.6 is 0 Å².